The zero-order valence-corrected chi connectivity index (χ0v) is 4.44. The van der Waals surface area contributed by atoms with Gasteiger partial charge in [-0.1, -0.05) is 0 Å². The molecule has 0 unspecified atom stereocenters. The van der Waals surface area contributed by atoms with Gasteiger partial charge in [-0.25, -0.2) is 0 Å². The van der Waals surface area contributed by atoms with Crippen LogP contribution in [0.15, 0.2) is 27.9 Å². The first-order chi connectivity index (χ1) is 3.43. The van der Waals surface area contributed by atoms with Gasteiger partial charge in [0.2, 0.25) is 0 Å². The van der Waals surface area contributed by atoms with Gasteiger partial charge in [0, 0.05) is 0 Å². The van der Waals surface area contributed by atoms with E-state index in [9.17, 15) is 0 Å². The van der Waals surface area contributed by atoms with Crippen LogP contribution in [0, 0.1) is 0 Å². The molecule has 0 atom stereocenters. The Kier molecular flexibility index (Phi) is 1.38. The maximum Gasteiger partial charge on any atom is 0.174 e. The fourth-order valence-electron chi connectivity index (χ4n) is 0.331. The predicted molar refractivity (Wildman–Crippen MR) is 28.8 cm³/mol. The van der Waals surface area contributed by atoms with E-state index in [0.717, 1.165) is 17.0 Å². The molecule has 0 radical (unpaired) electrons. The van der Waals surface area contributed by atoms with Crippen LogP contribution >= 0.6 is 11.9 Å². The van der Waals surface area contributed by atoms with Crippen molar-refractivity contribution in [3.05, 3.63) is 18.4 Å². The van der Waals surface area contributed by atoms with Crippen molar-refractivity contribution in [3.63, 3.8) is 0 Å². The van der Waals surface area contributed by atoms with Gasteiger partial charge in [0.1, 0.15) is 0 Å². The van der Waals surface area contributed by atoms with Crippen molar-refractivity contribution >= 4 is 11.9 Å². The highest BCUT2D eigenvalue weighted by Crippen LogP contribution is 2.09. The number of nitrogens with two attached hydrogens (primary N) is 1. The summed E-state index contributed by atoms with van der Waals surface area (Å²) >= 11 is 1.11. The molecule has 0 aromatic carbocycles. The van der Waals surface area contributed by atoms with E-state index in [1.54, 1.807) is 12.3 Å². The highest BCUT2D eigenvalue weighted by molar-refractivity contribution is 7.96. The molecule has 7 heavy (non-hydrogen) atoms. The van der Waals surface area contributed by atoms with Crippen LogP contribution in [0.25, 0.3) is 0 Å². The lowest BCUT2D eigenvalue weighted by atomic mass is 10.7. The Hall–Kier alpha value is -0.410. The van der Waals surface area contributed by atoms with E-state index in [4.69, 9.17) is 9.56 Å². The number of hydrogen-bond acceptors (Lipinski definition) is 3. The van der Waals surface area contributed by atoms with Gasteiger partial charge in [0.05, 0.1) is 6.26 Å². The molecular weight excluding hydrogens is 110 g/mol. The second-order valence-corrected chi connectivity index (χ2v) is 1.69. The van der Waals surface area contributed by atoms with Gasteiger partial charge in [-0.15, -0.1) is 0 Å². The van der Waals surface area contributed by atoms with Crippen LogP contribution in [-0.4, -0.2) is 0 Å². The van der Waals surface area contributed by atoms with E-state index in [1.807, 2.05) is 6.07 Å². The second kappa shape index (κ2) is 2.04. The summed E-state index contributed by atoms with van der Waals surface area (Å²) in [5.41, 5.74) is 0. The Bertz CT molecular complexity index is 126. The molecule has 0 saturated carbocycles. The average Bonchev–Trinajstić information content (AvgIpc) is 2.14. The Balaban J connectivity index is 2.76. The first-order valence-electron chi connectivity index (χ1n) is 1.83. The molecule has 38 valence electrons. The summed E-state index contributed by atoms with van der Waals surface area (Å²) < 4.78 is 4.82. The van der Waals surface area contributed by atoms with Crippen LogP contribution < -0.4 is 5.14 Å². The standard InChI is InChI=1S/C4H5NOS/c5-7-4-2-1-3-6-4/h1-3H,5H2. The number of rotatable bonds is 1. The minimum atomic E-state index is 0.750. The van der Waals surface area contributed by atoms with Crippen LogP contribution in [0.2, 0.25) is 0 Å². The third-order valence-electron chi connectivity index (χ3n) is 0.611. The quantitative estimate of drug-likeness (QED) is 0.560. The molecule has 2 nitrogen and oxygen atoms in total. The lowest BCUT2D eigenvalue weighted by molar-refractivity contribution is 0.474. The highest BCUT2D eigenvalue weighted by Gasteiger charge is 1.85. The van der Waals surface area contributed by atoms with Crippen molar-refractivity contribution in [2.24, 2.45) is 5.14 Å². The lowest BCUT2D eigenvalue weighted by Crippen LogP contribution is -1.71. The Morgan fingerprint density at radius 2 is 2.57 bits per heavy atom. The maximum atomic E-state index is 5.12. The lowest BCUT2D eigenvalue weighted by Gasteiger charge is -1.79. The first kappa shape index (κ1) is 4.74. The summed E-state index contributed by atoms with van der Waals surface area (Å²) in [5, 5.41) is 5.87. The van der Waals surface area contributed by atoms with E-state index in [-0.39, 0.29) is 0 Å². The van der Waals surface area contributed by atoms with Crippen molar-refractivity contribution in [2.45, 2.75) is 5.09 Å². The van der Waals surface area contributed by atoms with Gasteiger partial charge in [0.25, 0.3) is 0 Å². The molecule has 1 aromatic heterocycles. The normalized spacial score (nSPS) is 9.29. The molecule has 1 rings (SSSR count). The summed E-state index contributed by atoms with van der Waals surface area (Å²) in [6, 6.07) is 3.61. The van der Waals surface area contributed by atoms with Gasteiger partial charge in [-0.05, 0) is 24.1 Å². The molecular formula is C4H5NOS. The van der Waals surface area contributed by atoms with Crippen molar-refractivity contribution in [3.8, 4) is 0 Å². The SMILES string of the molecule is NSc1ccco1. The summed E-state index contributed by atoms with van der Waals surface area (Å²) in [6.07, 6.45) is 1.59. The monoisotopic (exact) mass is 115 g/mol. The van der Waals surface area contributed by atoms with E-state index in [2.05, 4.69) is 0 Å². The van der Waals surface area contributed by atoms with Crippen molar-refractivity contribution < 1.29 is 4.42 Å². The zero-order valence-electron chi connectivity index (χ0n) is 3.63. The molecule has 0 aliphatic rings. The van der Waals surface area contributed by atoms with Crippen LogP contribution in [0.1, 0.15) is 0 Å². The first-order valence-corrected chi connectivity index (χ1v) is 2.71. The highest BCUT2D eigenvalue weighted by atomic mass is 32.2. The number of hydrogen-bond donors (Lipinski definition) is 1. The zero-order chi connectivity index (χ0) is 5.11. The summed E-state index contributed by atoms with van der Waals surface area (Å²) in [5.74, 6) is 0. The molecule has 1 aromatic rings. The summed E-state index contributed by atoms with van der Waals surface area (Å²) in [6.45, 7) is 0. The van der Waals surface area contributed by atoms with Gasteiger partial charge in [0.15, 0.2) is 5.09 Å². The fraction of sp³-hybridized carbons (Fsp3) is 0. The topological polar surface area (TPSA) is 39.2 Å². The molecule has 0 fully saturated rings. The van der Waals surface area contributed by atoms with Crippen molar-refractivity contribution in [1.82, 2.24) is 0 Å². The second-order valence-electron chi connectivity index (χ2n) is 1.05. The van der Waals surface area contributed by atoms with Crippen LogP contribution in [0.3, 0.4) is 0 Å². The average molecular weight is 115 g/mol. The predicted octanol–water partition coefficient (Wildman–Crippen LogP) is 1.25. The third kappa shape index (κ3) is 0.976. The van der Waals surface area contributed by atoms with Crippen LogP contribution in [0.4, 0.5) is 0 Å². The van der Waals surface area contributed by atoms with Crippen molar-refractivity contribution in [1.29, 1.82) is 0 Å². The third-order valence-corrected chi connectivity index (χ3v) is 1.08. The van der Waals surface area contributed by atoms with E-state index >= 15 is 0 Å². The van der Waals surface area contributed by atoms with Crippen LogP contribution in [0.5, 0.6) is 0 Å². The van der Waals surface area contributed by atoms with E-state index < -0.39 is 0 Å². The van der Waals surface area contributed by atoms with Gasteiger partial charge < -0.3 is 4.42 Å². The Morgan fingerprint density at radius 1 is 1.71 bits per heavy atom. The van der Waals surface area contributed by atoms with E-state index in [0.29, 0.717) is 0 Å². The minimum Gasteiger partial charge on any atom is -0.457 e. The molecule has 3 heteroatoms. The summed E-state index contributed by atoms with van der Waals surface area (Å²) in [4.78, 5) is 0. The van der Waals surface area contributed by atoms with Gasteiger partial charge in [-0.2, -0.15) is 0 Å². The smallest absolute Gasteiger partial charge is 0.174 e. The molecule has 0 saturated heterocycles. The minimum absolute atomic E-state index is 0.750. The molecule has 0 bridgehead atoms. The van der Waals surface area contributed by atoms with E-state index in [1.165, 1.54) is 0 Å². The molecule has 0 amide bonds. The number of furan rings is 1. The van der Waals surface area contributed by atoms with Gasteiger partial charge in [-0.3, -0.25) is 5.14 Å². The molecule has 0 aliphatic heterocycles. The van der Waals surface area contributed by atoms with Crippen LogP contribution in [-0.2, 0) is 0 Å². The van der Waals surface area contributed by atoms with Crippen molar-refractivity contribution in [2.75, 3.05) is 0 Å². The molecule has 1 heterocycles. The van der Waals surface area contributed by atoms with Gasteiger partial charge >= 0.3 is 0 Å². The largest absolute Gasteiger partial charge is 0.457 e. The summed E-state index contributed by atoms with van der Waals surface area (Å²) in [7, 11) is 0. The molecule has 2 N–H and O–H groups in total. The Labute approximate surface area is 45.8 Å². The molecule has 0 spiro atoms. The fourth-order valence-corrected chi connectivity index (χ4v) is 0.599. The maximum absolute atomic E-state index is 5.12. The molecule has 0 aliphatic carbocycles. The Morgan fingerprint density at radius 3 is 2.86 bits per heavy atom.